The van der Waals surface area contributed by atoms with Crippen LogP contribution in [0.5, 0.6) is 0 Å². The summed E-state index contributed by atoms with van der Waals surface area (Å²) < 4.78 is 0. The van der Waals surface area contributed by atoms with Gasteiger partial charge in [0.1, 0.15) is 0 Å². The summed E-state index contributed by atoms with van der Waals surface area (Å²) in [5, 5.41) is 12.1. The molecule has 2 fully saturated rings. The summed E-state index contributed by atoms with van der Waals surface area (Å²) in [5.74, 6) is -0.841. The second kappa shape index (κ2) is 9.12. The van der Waals surface area contributed by atoms with E-state index in [1.165, 1.54) is 12.0 Å². The van der Waals surface area contributed by atoms with Gasteiger partial charge in [0.15, 0.2) is 0 Å². The van der Waals surface area contributed by atoms with Crippen molar-refractivity contribution in [1.82, 2.24) is 15.2 Å². The molecule has 0 bridgehead atoms. The molecule has 2 N–H and O–H groups in total. The van der Waals surface area contributed by atoms with Crippen LogP contribution in [0.25, 0.3) is 0 Å². The Balaban J connectivity index is 1.37. The van der Waals surface area contributed by atoms with E-state index >= 15 is 0 Å². The highest BCUT2D eigenvalue weighted by Crippen LogP contribution is 2.31. The van der Waals surface area contributed by atoms with Crippen molar-refractivity contribution < 1.29 is 14.7 Å². The molecule has 1 atom stereocenters. The van der Waals surface area contributed by atoms with Crippen molar-refractivity contribution >= 4 is 11.9 Å². The minimum absolute atomic E-state index is 0.0981. The maximum Gasteiger partial charge on any atom is 0.306 e. The number of hydrogen-bond acceptors (Lipinski definition) is 4. The van der Waals surface area contributed by atoms with Crippen LogP contribution in [0.15, 0.2) is 24.5 Å². The zero-order valence-corrected chi connectivity index (χ0v) is 15.3. The third kappa shape index (κ3) is 5.04. The average Bonchev–Trinajstić information content (AvgIpc) is 3.11. The number of carboxylic acids is 1. The first-order valence-electron chi connectivity index (χ1n) is 9.79. The average molecular weight is 359 g/mol. The zero-order chi connectivity index (χ0) is 18.4. The molecule has 0 unspecified atom stereocenters. The Labute approximate surface area is 155 Å². The first-order valence-corrected chi connectivity index (χ1v) is 9.79. The zero-order valence-electron chi connectivity index (χ0n) is 15.3. The Hall–Kier alpha value is -1.95. The number of aliphatic carboxylic acids is 1. The van der Waals surface area contributed by atoms with Gasteiger partial charge in [0, 0.05) is 30.9 Å². The van der Waals surface area contributed by atoms with Crippen LogP contribution < -0.4 is 5.32 Å². The van der Waals surface area contributed by atoms with Crippen molar-refractivity contribution in [3.8, 4) is 0 Å². The van der Waals surface area contributed by atoms with Gasteiger partial charge in [-0.2, -0.15) is 0 Å². The third-order valence-corrected chi connectivity index (χ3v) is 5.72. The van der Waals surface area contributed by atoms with Crippen LogP contribution in [0.1, 0.15) is 63.0 Å². The molecule has 0 spiro atoms. The van der Waals surface area contributed by atoms with E-state index in [2.05, 4.69) is 21.3 Å². The smallest absolute Gasteiger partial charge is 0.306 e. The second-order valence-corrected chi connectivity index (χ2v) is 7.54. The highest BCUT2D eigenvalue weighted by atomic mass is 16.4. The fourth-order valence-electron chi connectivity index (χ4n) is 4.27. The number of nitrogens with one attached hydrogen (secondary N) is 1. The van der Waals surface area contributed by atoms with Crippen LogP contribution >= 0.6 is 0 Å². The summed E-state index contributed by atoms with van der Waals surface area (Å²) in [6, 6.07) is 4.69. The molecule has 1 aliphatic carbocycles. The normalized spacial score (nSPS) is 26.5. The van der Waals surface area contributed by atoms with Crippen LogP contribution in [-0.4, -0.2) is 46.0 Å². The van der Waals surface area contributed by atoms with Crippen LogP contribution in [0.3, 0.4) is 0 Å². The predicted octanol–water partition coefficient (Wildman–Crippen LogP) is 2.76. The van der Waals surface area contributed by atoms with E-state index in [0.29, 0.717) is 25.3 Å². The van der Waals surface area contributed by atoms with Crippen LogP contribution in [0, 0.1) is 5.92 Å². The van der Waals surface area contributed by atoms with Gasteiger partial charge in [0.05, 0.1) is 5.92 Å². The van der Waals surface area contributed by atoms with E-state index in [1.807, 2.05) is 12.3 Å². The summed E-state index contributed by atoms with van der Waals surface area (Å²) in [4.78, 5) is 29.9. The molecule has 1 amide bonds. The minimum atomic E-state index is -0.705. The SMILES string of the molecule is O=C(CCCN1CCC[C@H]1c1cccnc1)N[C@H]1CC[C@@H](C(=O)O)CC1. The van der Waals surface area contributed by atoms with E-state index in [9.17, 15) is 9.59 Å². The Kier molecular flexibility index (Phi) is 6.61. The lowest BCUT2D eigenvalue weighted by molar-refractivity contribution is -0.142. The number of likely N-dealkylation sites (tertiary alicyclic amines) is 1. The van der Waals surface area contributed by atoms with E-state index < -0.39 is 5.97 Å². The summed E-state index contributed by atoms with van der Waals surface area (Å²) in [6.45, 7) is 2.01. The lowest BCUT2D eigenvalue weighted by atomic mass is 9.86. The van der Waals surface area contributed by atoms with Gasteiger partial charge in [-0.05, 0) is 69.7 Å². The van der Waals surface area contributed by atoms with Gasteiger partial charge in [0.2, 0.25) is 5.91 Å². The van der Waals surface area contributed by atoms with Gasteiger partial charge >= 0.3 is 5.97 Å². The molecule has 1 aromatic heterocycles. The maximum absolute atomic E-state index is 12.2. The number of nitrogens with zero attached hydrogens (tertiary/aromatic N) is 2. The van der Waals surface area contributed by atoms with E-state index in [0.717, 1.165) is 38.8 Å². The van der Waals surface area contributed by atoms with Gasteiger partial charge in [-0.25, -0.2) is 0 Å². The fraction of sp³-hybridized carbons (Fsp3) is 0.650. The number of rotatable bonds is 7. The standard InChI is InChI=1S/C20H29N3O3/c24-19(22-17-9-7-15(8-10-17)20(25)26)6-3-13-23-12-2-5-18(23)16-4-1-11-21-14-16/h1,4,11,14-15,17-18H,2-3,5-10,12-13H2,(H,22,24)(H,25,26)/t15-,17+,18-/m0/s1. The molecule has 1 saturated heterocycles. The summed E-state index contributed by atoms with van der Waals surface area (Å²) in [6.07, 6.45) is 10.4. The van der Waals surface area contributed by atoms with E-state index in [1.54, 1.807) is 6.20 Å². The molecule has 0 aromatic carbocycles. The molecule has 3 rings (SSSR count). The van der Waals surface area contributed by atoms with Crippen molar-refractivity contribution in [3.63, 3.8) is 0 Å². The number of carboxylic acid groups (broad SMARTS) is 1. The molecule has 142 valence electrons. The minimum Gasteiger partial charge on any atom is -0.481 e. The lowest BCUT2D eigenvalue weighted by Gasteiger charge is -2.27. The molecular weight excluding hydrogens is 330 g/mol. The predicted molar refractivity (Wildman–Crippen MR) is 98.5 cm³/mol. The molecule has 2 heterocycles. The quantitative estimate of drug-likeness (QED) is 0.782. The monoisotopic (exact) mass is 359 g/mol. The molecular formula is C20H29N3O3. The van der Waals surface area contributed by atoms with E-state index in [4.69, 9.17) is 5.11 Å². The molecule has 1 saturated carbocycles. The number of carbonyl (C=O) groups excluding carboxylic acids is 1. The number of pyridine rings is 1. The van der Waals surface area contributed by atoms with Crippen molar-refractivity contribution in [2.75, 3.05) is 13.1 Å². The second-order valence-electron chi connectivity index (χ2n) is 7.54. The molecule has 1 aliphatic heterocycles. The molecule has 0 radical (unpaired) electrons. The summed E-state index contributed by atoms with van der Waals surface area (Å²) >= 11 is 0. The third-order valence-electron chi connectivity index (χ3n) is 5.72. The largest absolute Gasteiger partial charge is 0.481 e. The van der Waals surface area contributed by atoms with Gasteiger partial charge in [-0.15, -0.1) is 0 Å². The van der Waals surface area contributed by atoms with Gasteiger partial charge in [-0.1, -0.05) is 6.07 Å². The lowest BCUT2D eigenvalue weighted by Crippen LogP contribution is -2.39. The molecule has 6 nitrogen and oxygen atoms in total. The molecule has 26 heavy (non-hydrogen) atoms. The van der Waals surface area contributed by atoms with Crippen LogP contribution in [-0.2, 0) is 9.59 Å². The first-order chi connectivity index (χ1) is 12.6. The van der Waals surface area contributed by atoms with Crippen LogP contribution in [0.4, 0.5) is 0 Å². The van der Waals surface area contributed by atoms with Crippen molar-refractivity contribution in [2.45, 2.75) is 63.5 Å². The topological polar surface area (TPSA) is 82.5 Å². The Morgan fingerprint density at radius 3 is 2.73 bits per heavy atom. The Morgan fingerprint density at radius 1 is 1.23 bits per heavy atom. The molecule has 1 aromatic rings. The number of carbonyl (C=O) groups is 2. The number of hydrogen-bond donors (Lipinski definition) is 2. The van der Waals surface area contributed by atoms with Crippen molar-refractivity contribution in [2.24, 2.45) is 5.92 Å². The molecule has 6 heteroatoms. The Bertz CT molecular complexity index is 600. The van der Waals surface area contributed by atoms with Gasteiger partial charge < -0.3 is 10.4 Å². The van der Waals surface area contributed by atoms with E-state index in [-0.39, 0.29) is 17.9 Å². The van der Waals surface area contributed by atoms with Gasteiger partial charge in [-0.3, -0.25) is 19.5 Å². The molecule has 2 aliphatic rings. The van der Waals surface area contributed by atoms with Crippen molar-refractivity contribution in [3.05, 3.63) is 30.1 Å². The fourth-order valence-corrected chi connectivity index (χ4v) is 4.27. The highest BCUT2D eigenvalue weighted by molar-refractivity contribution is 5.76. The summed E-state index contributed by atoms with van der Waals surface area (Å²) in [7, 11) is 0. The maximum atomic E-state index is 12.2. The van der Waals surface area contributed by atoms with Gasteiger partial charge in [0.25, 0.3) is 0 Å². The summed E-state index contributed by atoms with van der Waals surface area (Å²) in [5.41, 5.74) is 1.27. The Morgan fingerprint density at radius 2 is 2.04 bits per heavy atom. The van der Waals surface area contributed by atoms with Crippen molar-refractivity contribution in [1.29, 1.82) is 0 Å². The first kappa shape index (κ1) is 18.8. The number of amides is 1. The highest BCUT2D eigenvalue weighted by Gasteiger charge is 2.27. The number of aromatic nitrogens is 1. The van der Waals surface area contributed by atoms with Crippen LogP contribution in [0.2, 0.25) is 0 Å².